The van der Waals surface area contributed by atoms with Crippen molar-refractivity contribution in [2.24, 2.45) is 0 Å². The molecule has 0 atom stereocenters. The number of hydrogen-bond donors (Lipinski definition) is 1. The Morgan fingerprint density at radius 2 is 1.52 bits per heavy atom. The molecule has 5 aromatic rings. The van der Waals surface area contributed by atoms with E-state index in [9.17, 15) is 13.0 Å². The molecule has 226 valence electrons. The van der Waals surface area contributed by atoms with Crippen LogP contribution in [0.25, 0.3) is 37.0 Å². The van der Waals surface area contributed by atoms with Gasteiger partial charge in [-0.15, -0.1) is 22.7 Å². The Balaban J connectivity index is 1.29. The number of hydrogen-bond acceptors (Lipinski definition) is 5. The summed E-state index contributed by atoms with van der Waals surface area (Å²) < 4.78 is 34.3. The first-order chi connectivity index (χ1) is 21.0. The van der Waals surface area contributed by atoms with Crippen LogP contribution in [0.15, 0.2) is 91.0 Å². The molecule has 1 aliphatic rings. The van der Waals surface area contributed by atoms with Crippen molar-refractivity contribution in [3.8, 4) is 20.2 Å². The van der Waals surface area contributed by atoms with E-state index in [-0.39, 0.29) is 11.2 Å². The fraction of sp³-hybridized carbons (Fsp3) is 0.250. The maximum Gasteiger partial charge on any atom is 0.264 e. The van der Waals surface area contributed by atoms with Gasteiger partial charge in [0.2, 0.25) is 5.69 Å². The molecule has 3 aromatic carbocycles. The standard InChI is InChI=1S/C36H36N2O3S3/c1-36(2)34(38(23-7-8-24-44(39,40)41)30-18-13-25-9-5-6-10-29(25)35(30)36)22-17-28-16-19-32(42-28)33-21-20-31(43-33)26-11-14-27(15-12-26)37(3)4/h5-6,9-22H,7-8,23-24H2,1-4H3/p+1. The van der Waals surface area contributed by atoms with E-state index in [2.05, 4.69) is 134 Å². The fourth-order valence-electron chi connectivity index (χ4n) is 6.12. The number of benzene rings is 3. The van der Waals surface area contributed by atoms with Gasteiger partial charge in [-0.2, -0.15) is 13.0 Å². The number of thiophene rings is 2. The minimum absolute atomic E-state index is 0.218. The summed E-state index contributed by atoms with van der Waals surface area (Å²) in [5, 5.41) is 2.45. The van der Waals surface area contributed by atoms with Crippen LogP contribution in [0, 0.1) is 0 Å². The van der Waals surface area contributed by atoms with Gasteiger partial charge in [-0.3, -0.25) is 4.55 Å². The van der Waals surface area contributed by atoms with Crippen molar-refractivity contribution in [3.05, 3.63) is 101 Å². The van der Waals surface area contributed by atoms with E-state index < -0.39 is 10.1 Å². The lowest BCUT2D eigenvalue weighted by Crippen LogP contribution is -2.28. The summed E-state index contributed by atoms with van der Waals surface area (Å²) in [4.78, 5) is 7.06. The first kappa shape index (κ1) is 30.5. The van der Waals surface area contributed by atoms with Crippen LogP contribution in [0.4, 0.5) is 11.4 Å². The lowest BCUT2D eigenvalue weighted by atomic mass is 9.79. The topological polar surface area (TPSA) is 60.6 Å². The Kier molecular flexibility index (Phi) is 8.37. The van der Waals surface area contributed by atoms with Crippen LogP contribution < -0.4 is 4.90 Å². The third-order valence-corrected chi connectivity index (χ3v) is 11.5. The zero-order valence-corrected chi connectivity index (χ0v) is 27.9. The second-order valence-electron chi connectivity index (χ2n) is 12.0. The van der Waals surface area contributed by atoms with E-state index >= 15 is 0 Å². The Morgan fingerprint density at radius 3 is 2.27 bits per heavy atom. The van der Waals surface area contributed by atoms with Gasteiger partial charge in [-0.1, -0.05) is 36.4 Å². The van der Waals surface area contributed by atoms with Gasteiger partial charge < -0.3 is 4.90 Å². The molecule has 8 heteroatoms. The molecule has 0 saturated heterocycles. The third kappa shape index (κ3) is 6.17. The van der Waals surface area contributed by atoms with Crippen molar-refractivity contribution < 1.29 is 17.5 Å². The van der Waals surface area contributed by atoms with Crippen LogP contribution in [-0.2, 0) is 15.5 Å². The molecule has 0 saturated carbocycles. The van der Waals surface area contributed by atoms with Gasteiger partial charge in [0.25, 0.3) is 10.1 Å². The summed E-state index contributed by atoms with van der Waals surface area (Å²) in [7, 11) is 0.139. The highest BCUT2D eigenvalue weighted by Crippen LogP contribution is 2.45. The molecule has 0 radical (unpaired) electrons. The molecule has 0 amide bonds. The molecule has 1 N–H and O–H groups in total. The van der Waals surface area contributed by atoms with E-state index in [1.54, 1.807) is 11.3 Å². The van der Waals surface area contributed by atoms with Crippen molar-refractivity contribution in [1.29, 1.82) is 0 Å². The summed E-state index contributed by atoms with van der Waals surface area (Å²) in [6.45, 7) is 5.22. The molecule has 0 fully saturated rings. The first-order valence-corrected chi connectivity index (χ1v) is 18.0. The highest BCUT2D eigenvalue weighted by molar-refractivity contribution is 7.85. The fourth-order valence-corrected chi connectivity index (χ4v) is 8.70. The van der Waals surface area contributed by atoms with E-state index in [0.29, 0.717) is 19.4 Å². The van der Waals surface area contributed by atoms with Crippen LogP contribution >= 0.6 is 22.7 Å². The number of unbranched alkanes of at least 4 members (excludes halogenated alkanes) is 1. The zero-order chi connectivity index (χ0) is 31.1. The summed E-state index contributed by atoms with van der Waals surface area (Å²) >= 11 is 3.60. The summed E-state index contributed by atoms with van der Waals surface area (Å²) in [6.07, 6.45) is 5.51. The van der Waals surface area contributed by atoms with E-state index in [1.165, 1.54) is 52.8 Å². The van der Waals surface area contributed by atoms with Gasteiger partial charge in [-0.25, -0.2) is 0 Å². The predicted octanol–water partition coefficient (Wildman–Crippen LogP) is 9.12. The predicted molar refractivity (Wildman–Crippen MR) is 189 cm³/mol. The van der Waals surface area contributed by atoms with Gasteiger partial charge >= 0.3 is 0 Å². The van der Waals surface area contributed by atoms with Gasteiger partial charge in [0, 0.05) is 63.4 Å². The molecule has 0 aliphatic carbocycles. The second kappa shape index (κ2) is 12.1. The quantitative estimate of drug-likeness (QED) is 0.0939. The highest BCUT2D eigenvalue weighted by atomic mass is 32.2. The lowest BCUT2D eigenvalue weighted by molar-refractivity contribution is -0.438. The third-order valence-electron chi connectivity index (χ3n) is 8.34. The number of nitrogens with zero attached hydrogens (tertiary/aromatic N) is 2. The van der Waals surface area contributed by atoms with Crippen LogP contribution in [0.5, 0.6) is 0 Å². The smallest absolute Gasteiger partial charge is 0.264 e. The number of fused-ring (bicyclic) bond motifs is 3. The van der Waals surface area contributed by atoms with Gasteiger partial charge in [0.1, 0.15) is 6.54 Å². The van der Waals surface area contributed by atoms with Crippen molar-refractivity contribution in [2.45, 2.75) is 32.1 Å². The van der Waals surface area contributed by atoms with Crippen LogP contribution in [-0.4, -0.2) is 49.7 Å². The zero-order valence-electron chi connectivity index (χ0n) is 25.4. The normalized spacial score (nSPS) is 14.6. The van der Waals surface area contributed by atoms with E-state index in [0.717, 1.165) is 5.69 Å². The van der Waals surface area contributed by atoms with Crippen LogP contribution in [0.2, 0.25) is 0 Å². The molecule has 3 heterocycles. The number of rotatable bonds is 10. The molecule has 44 heavy (non-hydrogen) atoms. The molecule has 0 bridgehead atoms. The van der Waals surface area contributed by atoms with Gasteiger partial charge in [0.15, 0.2) is 5.71 Å². The number of allylic oxidation sites excluding steroid dienone is 1. The Morgan fingerprint density at radius 1 is 0.818 bits per heavy atom. The molecular formula is C36H37N2O3S3+. The van der Waals surface area contributed by atoms with Crippen molar-refractivity contribution in [2.75, 3.05) is 31.3 Å². The van der Waals surface area contributed by atoms with Crippen LogP contribution in [0.3, 0.4) is 0 Å². The van der Waals surface area contributed by atoms with Gasteiger partial charge in [-0.05, 0) is 85.1 Å². The largest absolute Gasteiger partial charge is 0.378 e. The molecule has 5 nitrogen and oxygen atoms in total. The van der Waals surface area contributed by atoms with Gasteiger partial charge in [0.05, 0.1) is 11.2 Å². The maximum atomic E-state index is 11.3. The van der Waals surface area contributed by atoms with Crippen molar-refractivity contribution in [3.63, 3.8) is 0 Å². The summed E-state index contributed by atoms with van der Waals surface area (Å²) in [5.74, 6) is -0.218. The maximum absolute atomic E-state index is 11.3. The number of anilines is 1. The minimum atomic E-state index is -3.97. The van der Waals surface area contributed by atoms with E-state index in [4.69, 9.17) is 0 Å². The van der Waals surface area contributed by atoms with E-state index in [1.807, 2.05) is 11.3 Å². The molecule has 0 spiro atoms. The Hall–Kier alpha value is -3.56. The highest BCUT2D eigenvalue weighted by Gasteiger charge is 2.45. The average molecular weight is 642 g/mol. The molecule has 6 rings (SSSR count). The van der Waals surface area contributed by atoms with Crippen molar-refractivity contribution >= 4 is 66.7 Å². The monoisotopic (exact) mass is 641 g/mol. The average Bonchev–Trinajstić information content (AvgIpc) is 3.71. The first-order valence-electron chi connectivity index (χ1n) is 14.8. The molecule has 2 aromatic heterocycles. The molecule has 0 unspecified atom stereocenters. The minimum Gasteiger partial charge on any atom is -0.378 e. The molecular weight excluding hydrogens is 605 g/mol. The summed E-state index contributed by atoms with van der Waals surface area (Å²) in [6, 6.07) is 30.3. The second-order valence-corrected chi connectivity index (χ2v) is 15.7. The van der Waals surface area contributed by atoms with Crippen LogP contribution in [0.1, 0.15) is 37.1 Å². The summed E-state index contributed by atoms with van der Waals surface area (Å²) in [5.41, 5.74) is 5.81. The lowest BCUT2D eigenvalue weighted by Gasteiger charge is -2.17. The SMILES string of the molecule is CN(C)c1ccc(-c2ccc(-c3ccc(/C=C/C4=[N+](CCCCS(=O)(=O)O)c5ccc6ccccc6c5C4(C)C)s3)s2)cc1. The van der Waals surface area contributed by atoms with Crippen molar-refractivity contribution in [1.82, 2.24) is 0 Å². The Labute approximate surface area is 268 Å². The Bertz CT molecular complexity index is 2000. The molecule has 1 aliphatic heterocycles.